The molecule has 1 aliphatic heterocycles. The summed E-state index contributed by atoms with van der Waals surface area (Å²) in [5.41, 5.74) is -0.697. The molecule has 1 aromatic rings. The molecule has 0 radical (unpaired) electrons. The molecule has 1 N–H and O–H groups in total. The topological polar surface area (TPSA) is 21.3 Å². The van der Waals surface area contributed by atoms with Crippen LogP contribution in [0.2, 0.25) is 5.02 Å². The van der Waals surface area contributed by atoms with Crippen molar-refractivity contribution in [3.8, 4) is 0 Å². The van der Waals surface area contributed by atoms with Gasteiger partial charge in [-0.2, -0.15) is 13.2 Å². The van der Waals surface area contributed by atoms with Gasteiger partial charge in [-0.25, -0.2) is 0 Å². The maximum atomic E-state index is 12.7. The first-order chi connectivity index (χ1) is 7.47. The van der Waals surface area contributed by atoms with E-state index in [0.717, 1.165) is 6.07 Å². The predicted molar refractivity (Wildman–Crippen MR) is 54.7 cm³/mol. The number of nitrogens with one attached hydrogen (secondary N) is 1. The zero-order valence-electron chi connectivity index (χ0n) is 8.14. The lowest BCUT2D eigenvalue weighted by molar-refractivity contribution is -0.137. The van der Waals surface area contributed by atoms with Crippen LogP contribution in [-0.2, 0) is 10.9 Å². The Labute approximate surface area is 95.3 Å². The Morgan fingerprint density at radius 1 is 1.31 bits per heavy atom. The minimum absolute atomic E-state index is 0.0465. The first-order valence-corrected chi connectivity index (χ1v) is 5.05. The SMILES string of the molecule is FC(F)(F)c1cc(Cl)ccc1NC1COC1. The van der Waals surface area contributed by atoms with Crippen molar-refractivity contribution in [3.63, 3.8) is 0 Å². The number of anilines is 1. The van der Waals surface area contributed by atoms with Crippen molar-refractivity contribution in [1.82, 2.24) is 0 Å². The summed E-state index contributed by atoms with van der Waals surface area (Å²) in [6.07, 6.45) is -4.40. The molecule has 2 nitrogen and oxygen atoms in total. The third-order valence-corrected chi connectivity index (χ3v) is 2.52. The predicted octanol–water partition coefficient (Wildman–Crippen LogP) is 3.17. The summed E-state index contributed by atoms with van der Waals surface area (Å²) in [6.45, 7) is 0.861. The van der Waals surface area contributed by atoms with Crippen LogP contribution in [0.3, 0.4) is 0 Å². The third kappa shape index (κ3) is 2.41. The second-order valence-electron chi connectivity index (χ2n) is 3.57. The molecular formula is C10H9ClF3NO. The average molecular weight is 252 g/mol. The number of hydrogen-bond acceptors (Lipinski definition) is 2. The van der Waals surface area contributed by atoms with Gasteiger partial charge in [-0.15, -0.1) is 0 Å². The molecule has 0 aliphatic carbocycles. The molecular weight excluding hydrogens is 243 g/mol. The largest absolute Gasteiger partial charge is 0.418 e. The van der Waals surface area contributed by atoms with Crippen LogP contribution in [-0.4, -0.2) is 19.3 Å². The number of benzene rings is 1. The van der Waals surface area contributed by atoms with Crippen molar-refractivity contribution < 1.29 is 17.9 Å². The standard InChI is InChI=1S/C10H9ClF3NO/c11-6-1-2-9(15-7-4-16-5-7)8(3-6)10(12,13)14/h1-3,7,15H,4-5H2. The van der Waals surface area contributed by atoms with Gasteiger partial charge in [-0.3, -0.25) is 0 Å². The number of halogens is 4. The van der Waals surface area contributed by atoms with Crippen molar-refractivity contribution in [3.05, 3.63) is 28.8 Å². The van der Waals surface area contributed by atoms with Crippen LogP contribution in [0.4, 0.5) is 18.9 Å². The number of alkyl halides is 3. The molecule has 0 unspecified atom stereocenters. The van der Waals surface area contributed by atoms with Crippen LogP contribution in [0.5, 0.6) is 0 Å². The van der Waals surface area contributed by atoms with Crippen LogP contribution in [0.25, 0.3) is 0 Å². The zero-order valence-corrected chi connectivity index (χ0v) is 8.90. The highest BCUT2D eigenvalue weighted by Crippen LogP contribution is 2.36. The molecule has 1 saturated heterocycles. The molecule has 0 amide bonds. The van der Waals surface area contributed by atoms with E-state index in [1.807, 2.05) is 0 Å². The van der Waals surface area contributed by atoms with Gasteiger partial charge in [0.1, 0.15) is 0 Å². The summed E-state index contributed by atoms with van der Waals surface area (Å²) in [4.78, 5) is 0. The summed E-state index contributed by atoms with van der Waals surface area (Å²) in [7, 11) is 0. The molecule has 1 aromatic carbocycles. The zero-order chi connectivity index (χ0) is 11.8. The van der Waals surface area contributed by atoms with E-state index in [2.05, 4.69) is 5.32 Å². The smallest absolute Gasteiger partial charge is 0.377 e. The lowest BCUT2D eigenvalue weighted by Gasteiger charge is -2.29. The second kappa shape index (κ2) is 4.14. The van der Waals surface area contributed by atoms with Crippen LogP contribution in [0.15, 0.2) is 18.2 Å². The Morgan fingerprint density at radius 3 is 2.50 bits per heavy atom. The molecule has 0 saturated carbocycles. The van der Waals surface area contributed by atoms with Crippen molar-refractivity contribution in [2.45, 2.75) is 12.2 Å². The molecule has 16 heavy (non-hydrogen) atoms. The van der Waals surface area contributed by atoms with Crippen molar-refractivity contribution >= 4 is 17.3 Å². The molecule has 1 fully saturated rings. The molecule has 0 aromatic heterocycles. The van der Waals surface area contributed by atoms with Crippen molar-refractivity contribution in [1.29, 1.82) is 0 Å². The summed E-state index contributed by atoms with van der Waals surface area (Å²) in [5.74, 6) is 0. The van der Waals surface area contributed by atoms with E-state index < -0.39 is 11.7 Å². The number of rotatable bonds is 2. The van der Waals surface area contributed by atoms with E-state index in [4.69, 9.17) is 16.3 Å². The van der Waals surface area contributed by atoms with Crippen LogP contribution in [0, 0.1) is 0 Å². The third-order valence-electron chi connectivity index (χ3n) is 2.28. The fourth-order valence-corrected chi connectivity index (χ4v) is 1.59. The van der Waals surface area contributed by atoms with Crippen LogP contribution < -0.4 is 5.32 Å². The molecule has 1 aliphatic rings. The average Bonchev–Trinajstić information content (AvgIpc) is 2.11. The van der Waals surface area contributed by atoms with Crippen LogP contribution in [0.1, 0.15) is 5.56 Å². The number of hydrogen-bond donors (Lipinski definition) is 1. The van der Waals surface area contributed by atoms with Gasteiger partial charge in [0.25, 0.3) is 0 Å². The van der Waals surface area contributed by atoms with Gasteiger partial charge in [-0.05, 0) is 18.2 Å². The summed E-state index contributed by atoms with van der Waals surface area (Å²) >= 11 is 5.55. The molecule has 0 atom stereocenters. The molecule has 1 heterocycles. The normalized spacial score (nSPS) is 17.0. The highest BCUT2D eigenvalue weighted by atomic mass is 35.5. The van der Waals surface area contributed by atoms with Gasteiger partial charge in [0.05, 0.1) is 24.8 Å². The quantitative estimate of drug-likeness (QED) is 0.872. The van der Waals surface area contributed by atoms with Gasteiger partial charge in [0.15, 0.2) is 0 Å². The molecule has 6 heteroatoms. The van der Waals surface area contributed by atoms with Gasteiger partial charge < -0.3 is 10.1 Å². The highest BCUT2D eigenvalue weighted by molar-refractivity contribution is 6.30. The van der Waals surface area contributed by atoms with Crippen molar-refractivity contribution in [2.75, 3.05) is 18.5 Å². The Bertz CT molecular complexity index is 390. The molecule has 88 valence electrons. The van der Waals surface area contributed by atoms with E-state index in [9.17, 15) is 13.2 Å². The van der Waals surface area contributed by atoms with E-state index in [0.29, 0.717) is 13.2 Å². The van der Waals surface area contributed by atoms with Gasteiger partial charge in [0, 0.05) is 10.7 Å². The van der Waals surface area contributed by atoms with Gasteiger partial charge in [0.2, 0.25) is 0 Å². The number of ether oxygens (including phenoxy) is 1. The lowest BCUT2D eigenvalue weighted by Crippen LogP contribution is -2.40. The minimum Gasteiger partial charge on any atom is -0.377 e. The monoisotopic (exact) mass is 251 g/mol. The fraction of sp³-hybridized carbons (Fsp3) is 0.400. The van der Waals surface area contributed by atoms with Crippen LogP contribution >= 0.6 is 11.6 Å². The Morgan fingerprint density at radius 2 is 2.00 bits per heavy atom. The second-order valence-corrected chi connectivity index (χ2v) is 4.00. The summed E-state index contributed by atoms with van der Waals surface area (Å²) in [6, 6.07) is 3.63. The Kier molecular flexibility index (Phi) is 2.99. The summed E-state index contributed by atoms with van der Waals surface area (Å²) in [5, 5.41) is 2.85. The Hall–Kier alpha value is -0.940. The van der Waals surface area contributed by atoms with E-state index in [1.54, 1.807) is 0 Å². The van der Waals surface area contributed by atoms with Crippen molar-refractivity contribution in [2.24, 2.45) is 0 Å². The highest BCUT2D eigenvalue weighted by Gasteiger charge is 2.34. The fourth-order valence-electron chi connectivity index (χ4n) is 1.42. The first kappa shape index (κ1) is 11.5. The lowest BCUT2D eigenvalue weighted by atomic mass is 10.1. The van der Waals surface area contributed by atoms with Gasteiger partial charge in [-0.1, -0.05) is 11.6 Å². The molecule has 2 rings (SSSR count). The first-order valence-electron chi connectivity index (χ1n) is 4.68. The Balaban J connectivity index is 2.28. The van der Waals surface area contributed by atoms with E-state index in [-0.39, 0.29) is 16.8 Å². The molecule has 0 bridgehead atoms. The maximum Gasteiger partial charge on any atom is 0.418 e. The molecule has 0 spiro atoms. The van der Waals surface area contributed by atoms with E-state index >= 15 is 0 Å². The minimum atomic E-state index is -4.40. The van der Waals surface area contributed by atoms with E-state index in [1.165, 1.54) is 12.1 Å². The maximum absolute atomic E-state index is 12.7. The van der Waals surface area contributed by atoms with Gasteiger partial charge >= 0.3 is 6.18 Å². The summed E-state index contributed by atoms with van der Waals surface area (Å²) < 4.78 is 42.9.